The number of benzene rings is 1. The second-order valence-electron chi connectivity index (χ2n) is 5.89. The molecule has 1 aliphatic carbocycles. The zero-order chi connectivity index (χ0) is 16.2. The van der Waals surface area contributed by atoms with Gasteiger partial charge < -0.3 is 15.4 Å². The number of ether oxygens (including phenoxy) is 1. The number of amides is 2. The highest BCUT2D eigenvalue weighted by Gasteiger charge is 2.19. The summed E-state index contributed by atoms with van der Waals surface area (Å²) in [6, 6.07) is 8.38. The van der Waals surface area contributed by atoms with E-state index in [9.17, 15) is 4.79 Å². The Balaban J connectivity index is 1.64. The van der Waals surface area contributed by atoms with Gasteiger partial charge in [-0.25, -0.2) is 4.79 Å². The van der Waals surface area contributed by atoms with E-state index in [2.05, 4.69) is 40.0 Å². The molecule has 3 rings (SSSR count). The number of aromatic nitrogens is 2. The maximum Gasteiger partial charge on any atom is 0.319 e. The Morgan fingerprint density at radius 3 is 2.91 bits per heavy atom. The third-order valence-electron chi connectivity index (χ3n) is 4.16. The minimum atomic E-state index is -0.222. The molecule has 0 saturated heterocycles. The standard InChI is InChI=1S/C17H22N4O2/c1-21-11-15(16(20-21)23-2)19-17(22)18-14-9-5-8-12-6-3-4-7-13(12)10-14/h3-4,6-7,11,14H,5,8-10H2,1-2H3,(H2,18,19,22). The number of carbonyl (C=O) groups is 1. The summed E-state index contributed by atoms with van der Waals surface area (Å²) in [6.45, 7) is 0. The fraction of sp³-hybridized carbons (Fsp3) is 0.412. The van der Waals surface area contributed by atoms with E-state index < -0.39 is 0 Å². The van der Waals surface area contributed by atoms with Crippen LogP contribution in [0.15, 0.2) is 30.5 Å². The summed E-state index contributed by atoms with van der Waals surface area (Å²) in [5.41, 5.74) is 3.29. The molecule has 6 nitrogen and oxygen atoms in total. The highest BCUT2D eigenvalue weighted by molar-refractivity contribution is 5.90. The van der Waals surface area contributed by atoms with Crippen molar-refractivity contribution in [3.05, 3.63) is 41.6 Å². The minimum Gasteiger partial charge on any atom is -0.478 e. The van der Waals surface area contributed by atoms with Gasteiger partial charge in [0, 0.05) is 13.1 Å². The van der Waals surface area contributed by atoms with Crippen LogP contribution in [0.2, 0.25) is 0 Å². The Morgan fingerprint density at radius 2 is 2.13 bits per heavy atom. The summed E-state index contributed by atoms with van der Waals surface area (Å²) in [5, 5.41) is 10.0. The zero-order valence-electron chi connectivity index (χ0n) is 13.5. The van der Waals surface area contributed by atoms with Crippen LogP contribution in [0.4, 0.5) is 10.5 Å². The first-order chi connectivity index (χ1) is 11.2. The number of anilines is 1. The molecule has 0 saturated carbocycles. The number of rotatable bonds is 3. The van der Waals surface area contributed by atoms with Gasteiger partial charge in [-0.1, -0.05) is 24.3 Å². The van der Waals surface area contributed by atoms with Crippen molar-refractivity contribution >= 4 is 11.7 Å². The van der Waals surface area contributed by atoms with E-state index in [1.165, 1.54) is 18.2 Å². The predicted octanol–water partition coefficient (Wildman–Crippen LogP) is 2.50. The number of hydrogen-bond donors (Lipinski definition) is 2. The number of nitrogens with one attached hydrogen (secondary N) is 2. The first-order valence-electron chi connectivity index (χ1n) is 7.87. The lowest BCUT2D eigenvalue weighted by Crippen LogP contribution is -2.39. The Kier molecular flexibility index (Phi) is 4.50. The van der Waals surface area contributed by atoms with Crippen molar-refractivity contribution in [1.29, 1.82) is 0 Å². The van der Waals surface area contributed by atoms with Gasteiger partial charge in [-0.05, 0) is 36.8 Å². The lowest BCUT2D eigenvalue weighted by atomic mass is 10.0. The van der Waals surface area contributed by atoms with E-state index >= 15 is 0 Å². The summed E-state index contributed by atoms with van der Waals surface area (Å²) >= 11 is 0. The largest absolute Gasteiger partial charge is 0.478 e. The predicted molar refractivity (Wildman–Crippen MR) is 88.8 cm³/mol. The smallest absolute Gasteiger partial charge is 0.319 e. The lowest BCUT2D eigenvalue weighted by Gasteiger charge is -2.17. The third-order valence-corrected chi connectivity index (χ3v) is 4.16. The Labute approximate surface area is 135 Å². The van der Waals surface area contributed by atoms with E-state index in [4.69, 9.17) is 4.74 Å². The molecule has 1 atom stereocenters. The van der Waals surface area contributed by atoms with Gasteiger partial charge in [0.25, 0.3) is 5.88 Å². The maximum atomic E-state index is 12.3. The van der Waals surface area contributed by atoms with E-state index in [0.29, 0.717) is 11.6 Å². The van der Waals surface area contributed by atoms with Crippen LogP contribution in [0.25, 0.3) is 0 Å². The molecule has 1 unspecified atom stereocenters. The van der Waals surface area contributed by atoms with E-state index in [0.717, 1.165) is 25.7 Å². The molecule has 1 heterocycles. The number of fused-ring (bicyclic) bond motifs is 1. The first-order valence-corrected chi connectivity index (χ1v) is 7.87. The molecule has 2 N–H and O–H groups in total. The van der Waals surface area contributed by atoms with Crippen LogP contribution in [0, 0.1) is 0 Å². The van der Waals surface area contributed by atoms with E-state index in [1.807, 2.05) is 0 Å². The maximum absolute atomic E-state index is 12.3. The number of aryl methyl sites for hydroxylation is 2. The molecule has 0 radical (unpaired) electrons. The summed E-state index contributed by atoms with van der Waals surface area (Å²) in [7, 11) is 3.32. The Morgan fingerprint density at radius 1 is 1.35 bits per heavy atom. The van der Waals surface area contributed by atoms with Crippen LogP contribution < -0.4 is 15.4 Å². The monoisotopic (exact) mass is 314 g/mol. The fourth-order valence-electron chi connectivity index (χ4n) is 3.08. The van der Waals surface area contributed by atoms with Crippen molar-refractivity contribution in [2.75, 3.05) is 12.4 Å². The van der Waals surface area contributed by atoms with Crippen molar-refractivity contribution in [3.8, 4) is 5.88 Å². The highest BCUT2D eigenvalue weighted by Crippen LogP contribution is 2.22. The van der Waals surface area contributed by atoms with Crippen molar-refractivity contribution < 1.29 is 9.53 Å². The van der Waals surface area contributed by atoms with Gasteiger partial charge in [0.1, 0.15) is 5.69 Å². The molecule has 0 spiro atoms. The summed E-state index contributed by atoms with van der Waals surface area (Å²) in [4.78, 5) is 12.3. The molecule has 1 aromatic carbocycles. The number of methoxy groups -OCH3 is 1. The van der Waals surface area contributed by atoms with Crippen molar-refractivity contribution in [2.24, 2.45) is 7.05 Å². The SMILES string of the molecule is COc1nn(C)cc1NC(=O)NC1CCCc2ccccc2C1. The van der Waals surface area contributed by atoms with Crippen LogP contribution in [0.1, 0.15) is 24.0 Å². The second-order valence-corrected chi connectivity index (χ2v) is 5.89. The first kappa shape index (κ1) is 15.4. The van der Waals surface area contributed by atoms with Crippen molar-refractivity contribution in [2.45, 2.75) is 31.7 Å². The molecule has 2 amide bonds. The fourth-order valence-corrected chi connectivity index (χ4v) is 3.08. The Bertz CT molecular complexity index is 696. The molecule has 0 bridgehead atoms. The summed E-state index contributed by atoms with van der Waals surface area (Å²) < 4.78 is 6.76. The van der Waals surface area contributed by atoms with Gasteiger partial charge >= 0.3 is 6.03 Å². The number of carbonyl (C=O) groups excluding carboxylic acids is 1. The highest BCUT2D eigenvalue weighted by atomic mass is 16.5. The topological polar surface area (TPSA) is 68.2 Å². The summed E-state index contributed by atoms with van der Waals surface area (Å²) in [5.74, 6) is 0.411. The van der Waals surface area contributed by atoms with Crippen molar-refractivity contribution in [1.82, 2.24) is 15.1 Å². The molecule has 122 valence electrons. The average Bonchev–Trinajstić information content (AvgIpc) is 2.76. The zero-order valence-corrected chi connectivity index (χ0v) is 13.5. The van der Waals surface area contributed by atoms with Crippen LogP contribution in [0.5, 0.6) is 5.88 Å². The average molecular weight is 314 g/mol. The summed E-state index contributed by atoms with van der Waals surface area (Å²) in [6.07, 6.45) is 5.73. The van der Waals surface area contributed by atoms with Gasteiger partial charge in [-0.3, -0.25) is 4.68 Å². The van der Waals surface area contributed by atoms with Gasteiger partial charge in [0.2, 0.25) is 0 Å². The quantitative estimate of drug-likeness (QED) is 0.855. The molecule has 23 heavy (non-hydrogen) atoms. The molecule has 2 aromatic rings. The van der Waals surface area contributed by atoms with Crippen LogP contribution in [-0.4, -0.2) is 29.0 Å². The number of hydrogen-bond acceptors (Lipinski definition) is 3. The third kappa shape index (κ3) is 3.64. The minimum absolute atomic E-state index is 0.140. The van der Waals surface area contributed by atoms with Crippen molar-refractivity contribution in [3.63, 3.8) is 0 Å². The molecule has 0 aliphatic heterocycles. The van der Waals surface area contributed by atoms with E-state index in [-0.39, 0.29) is 12.1 Å². The number of nitrogens with zero attached hydrogens (tertiary/aromatic N) is 2. The second kappa shape index (κ2) is 6.73. The lowest BCUT2D eigenvalue weighted by molar-refractivity contribution is 0.247. The molecule has 1 aliphatic rings. The number of urea groups is 1. The van der Waals surface area contributed by atoms with Crippen LogP contribution in [0.3, 0.4) is 0 Å². The molecular weight excluding hydrogens is 292 g/mol. The van der Waals surface area contributed by atoms with Crippen LogP contribution >= 0.6 is 0 Å². The van der Waals surface area contributed by atoms with Crippen LogP contribution in [-0.2, 0) is 19.9 Å². The van der Waals surface area contributed by atoms with E-state index in [1.54, 1.807) is 17.9 Å². The molecule has 6 heteroatoms. The molecule has 1 aromatic heterocycles. The molecule has 0 fully saturated rings. The van der Waals surface area contributed by atoms with Gasteiger partial charge in [-0.15, -0.1) is 5.10 Å². The normalized spacial score (nSPS) is 17.0. The molecular formula is C17H22N4O2. The van der Waals surface area contributed by atoms with Gasteiger partial charge in [0.05, 0.1) is 13.3 Å². The van der Waals surface area contributed by atoms with Gasteiger partial charge in [-0.2, -0.15) is 0 Å². The van der Waals surface area contributed by atoms with Gasteiger partial charge in [0.15, 0.2) is 0 Å². The Hall–Kier alpha value is -2.50.